The number of methoxy groups -OCH3 is 1. The molecule has 1 heterocycles. The normalized spacial score (nSPS) is 10.1. The smallest absolute Gasteiger partial charge is 0.259 e. The lowest BCUT2D eigenvalue weighted by atomic mass is 10.2. The van der Waals surface area contributed by atoms with Gasteiger partial charge in [0.25, 0.3) is 5.91 Å². The standard InChI is InChI=1S/C18H15N3O2/c1-23-16-10-6-5-9-15(16)18(22)21-14-11-19-17(20-12-14)13-7-3-2-4-8-13/h2-12H,1H3,(H,21,22). The summed E-state index contributed by atoms with van der Waals surface area (Å²) in [5.41, 5.74) is 1.91. The van der Waals surface area contributed by atoms with Gasteiger partial charge in [0.1, 0.15) is 5.75 Å². The highest BCUT2D eigenvalue weighted by molar-refractivity contribution is 6.06. The number of rotatable bonds is 4. The van der Waals surface area contributed by atoms with E-state index in [-0.39, 0.29) is 5.91 Å². The Labute approximate surface area is 134 Å². The Morgan fingerprint density at radius 2 is 1.61 bits per heavy atom. The highest BCUT2D eigenvalue weighted by atomic mass is 16.5. The molecule has 0 fully saturated rings. The van der Waals surface area contributed by atoms with Crippen LogP contribution in [0.4, 0.5) is 5.69 Å². The Bertz CT molecular complexity index is 802. The van der Waals surface area contributed by atoms with Crippen molar-refractivity contribution in [2.75, 3.05) is 12.4 Å². The average Bonchev–Trinajstić information content (AvgIpc) is 2.63. The van der Waals surface area contributed by atoms with Gasteiger partial charge in [-0.05, 0) is 12.1 Å². The molecule has 0 saturated heterocycles. The zero-order chi connectivity index (χ0) is 16.1. The molecule has 5 heteroatoms. The molecular formula is C18H15N3O2. The zero-order valence-corrected chi connectivity index (χ0v) is 12.6. The molecule has 0 bridgehead atoms. The number of hydrogen-bond acceptors (Lipinski definition) is 4. The van der Waals surface area contributed by atoms with E-state index >= 15 is 0 Å². The van der Waals surface area contributed by atoms with Gasteiger partial charge in [-0.1, -0.05) is 42.5 Å². The van der Waals surface area contributed by atoms with E-state index in [1.165, 1.54) is 7.11 Å². The Morgan fingerprint density at radius 1 is 0.957 bits per heavy atom. The Kier molecular flexibility index (Phi) is 4.29. The third-order valence-corrected chi connectivity index (χ3v) is 3.29. The molecule has 0 radical (unpaired) electrons. The number of nitrogens with one attached hydrogen (secondary N) is 1. The predicted octanol–water partition coefficient (Wildman–Crippen LogP) is 3.40. The first-order valence-corrected chi connectivity index (χ1v) is 7.10. The molecule has 2 aromatic carbocycles. The summed E-state index contributed by atoms with van der Waals surface area (Å²) in [5, 5.41) is 2.77. The van der Waals surface area contributed by atoms with Gasteiger partial charge in [-0.25, -0.2) is 9.97 Å². The van der Waals surface area contributed by atoms with Crippen molar-refractivity contribution in [3.63, 3.8) is 0 Å². The van der Waals surface area contributed by atoms with Crippen molar-refractivity contribution in [3.05, 3.63) is 72.6 Å². The highest BCUT2D eigenvalue weighted by Crippen LogP contribution is 2.19. The molecule has 23 heavy (non-hydrogen) atoms. The number of hydrogen-bond donors (Lipinski definition) is 1. The van der Waals surface area contributed by atoms with Gasteiger partial charge in [-0.2, -0.15) is 0 Å². The van der Waals surface area contributed by atoms with Crippen molar-refractivity contribution in [2.24, 2.45) is 0 Å². The fraction of sp³-hybridized carbons (Fsp3) is 0.0556. The van der Waals surface area contributed by atoms with Crippen LogP contribution in [0.5, 0.6) is 5.75 Å². The van der Waals surface area contributed by atoms with E-state index < -0.39 is 0 Å². The largest absolute Gasteiger partial charge is 0.496 e. The highest BCUT2D eigenvalue weighted by Gasteiger charge is 2.12. The van der Waals surface area contributed by atoms with Crippen LogP contribution >= 0.6 is 0 Å². The van der Waals surface area contributed by atoms with E-state index in [0.29, 0.717) is 22.8 Å². The van der Waals surface area contributed by atoms with Crippen LogP contribution in [0.2, 0.25) is 0 Å². The number of nitrogens with zero attached hydrogens (tertiary/aromatic N) is 2. The topological polar surface area (TPSA) is 64.1 Å². The van der Waals surface area contributed by atoms with Gasteiger partial charge in [0, 0.05) is 5.56 Å². The van der Waals surface area contributed by atoms with E-state index in [0.717, 1.165) is 5.56 Å². The Morgan fingerprint density at radius 3 is 2.30 bits per heavy atom. The van der Waals surface area contributed by atoms with E-state index in [4.69, 9.17) is 4.74 Å². The van der Waals surface area contributed by atoms with Crippen molar-refractivity contribution < 1.29 is 9.53 Å². The molecule has 0 aliphatic heterocycles. The van der Waals surface area contributed by atoms with E-state index in [9.17, 15) is 4.79 Å². The quantitative estimate of drug-likeness (QED) is 0.802. The zero-order valence-electron chi connectivity index (χ0n) is 12.6. The molecule has 0 aliphatic carbocycles. The molecule has 0 unspecified atom stereocenters. The molecule has 1 N–H and O–H groups in total. The second kappa shape index (κ2) is 6.70. The fourth-order valence-corrected chi connectivity index (χ4v) is 2.16. The van der Waals surface area contributed by atoms with Crippen LogP contribution in [0.1, 0.15) is 10.4 Å². The van der Waals surface area contributed by atoms with Gasteiger partial charge < -0.3 is 10.1 Å². The van der Waals surface area contributed by atoms with Crippen molar-refractivity contribution in [3.8, 4) is 17.1 Å². The number of carbonyl (C=O) groups excluding carboxylic acids is 1. The molecule has 5 nitrogen and oxygen atoms in total. The monoisotopic (exact) mass is 305 g/mol. The summed E-state index contributed by atoms with van der Waals surface area (Å²) < 4.78 is 5.19. The van der Waals surface area contributed by atoms with Crippen molar-refractivity contribution >= 4 is 11.6 Å². The summed E-state index contributed by atoms with van der Waals surface area (Å²) in [7, 11) is 1.53. The number of benzene rings is 2. The van der Waals surface area contributed by atoms with E-state index in [2.05, 4.69) is 15.3 Å². The van der Waals surface area contributed by atoms with Gasteiger partial charge in [-0.3, -0.25) is 4.79 Å². The lowest BCUT2D eigenvalue weighted by Gasteiger charge is -2.09. The summed E-state index contributed by atoms with van der Waals surface area (Å²) >= 11 is 0. The summed E-state index contributed by atoms with van der Waals surface area (Å²) in [4.78, 5) is 20.9. The molecule has 0 spiro atoms. The minimum atomic E-state index is -0.265. The summed E-state index contributed by atoms with van der Waals surface area (Å²) in [6, 6.07) is 16.7. The van der Waals surface area contributed by atoms with Crippen LogP contribution in [0.3, 0.4) is 0 Å². The van der Waals surface area contributed by atoms with Crippen LogP contribution in [0.15, 0.2) is 67.0 Å². The molecule has 0 aliphatic rings. The van der Waals surface area contributed by atoms with E-state index in [1.807, 2.05) is 36.4 Å². The van der Waals surface area contributed by atoms with Crippen LogP contribution in [0.25, 0.3) is 11.4 Å². The summed E-state index contributed by atoms with van der Waals surface area (Å²) in [5.74, 6) is 0.867. The number of ether oxygens (including phenoxy) is 1. The van der Waals surface area contributed by atoms with E-state index in [1.54, 1.807) is 30.6 Å². The lowest BCUT2D eigenvalue weighted by Crippen LogP contribution is -2.13. The maximum atomic E-state index is 12.3. The third-order valence-electron chi connectivity index (χ3n) is 3.29. The molecule has 1 amide bonds. The first-order chi connectivity index (χ1) is 11.3. The molecule has 114 valence electrons. The maximum absolute atomic E-state index is 12.3. The molecule has 3 aromatic rings. The van der Waals surface area contributed by atoms with Gasteiger partial charge in [0.2, 0.25) is 0 Å². The summed E-state index contributed by atoms with van der Waals surface area (Å²) in [6.45, 7) is 0. The molecule has 3 rings (SSSR count). The van der Waals surface area contributed by atoms with Crippen molar-refractivity contribution in [2.45, 2.75) is 0 Å². The van der Waals surface area contributed by atoms with Gasteiger partial charge >= 0.3 is 0 Å². The first-order valence-electron chi connectivity index (χ1n) is 7.10. The number of aromatic nitrogens is 2. The molecule has 1 aromatic heterocycles. The number of anilines is 1. The molecular weight excluding hydrogens is 290 g/mol. The van der Waals surface area contributed by atoms with Crippen LogP contribution in [0, 0.1) is 0 Å². The third kappa shape index (κ3) is 3.35. The molecule has 0 atom stereocenters. The predicted molar refractivity (Wildman–Crippen MR) is 88.4 cm³/mol. The van der Waals surface area contributed by atoms with Gasteiger partial charge in [0.05, 0.1) is 30.8 Å². The summed E-state index contributed by atoms with van der Waals surface area (Å²) in [6.07, 6.45) is 3.17. The van der Waals surface area contributed by atoms with Crippen molar-refractivity contribution in [1.29, 1.82) is 0 Å². The second-order valence-corrected chi connectivity index (χ2v) is 4.82. The Hall–Kier alpha value is -3.21. The van der Waals surface area contributed by atoms with Gasteiger partial charge in [0.15, 0.2) is 5.82 Å². The van der Waals surface area contributed by atoms with Crippen LogP contribution < -0.4 is 10.1 Å². The SMILES string of the molecule is COc1ccccc1C(=O)Nc1cnc(-c2ccccc2)nc1. The second-order valence-electron chi connectivity index (χ2n) is 4.82. The first kappa shape index (κ1) is 14.7. The number of para-hydroxylation sites is 1. The van der Waals surface area contributed by atoms with Crippen molar-refractivity contribution in [1.82, 2.24) is 9.97 Å². The maximum Gasteiger partial charge on any atom is 0.259 e. The average molecular weight is 305 g/mol. The van der Waals surface area contributed by atoms with Gasteiger partial charge in [-0.15, -0.1) is 0 Å². The number of amides is 1. The fourth-order valence-electron chi connectivity index (χ4n) is 2.16. The Balaban J connectivity index is 1.77. The van der Waals surface area contributed by atoms with Crippen LogP contribution in [-0.4, -0.2) is 23.0 Å². The minimum Gasteiger partial charge on any atom is -0.496 e. The molecule has 0 saturated carbocycles. The number of carbonyl (C=O) groups is 1. The lowest BCUT2D eigenvalue weighted by molar-refractivity contribution is 0.102. The minimum absolute atomic E-state index is 0.265. The van der Waals surface area contributed by atoms with Crippen LogP contribution in [-0.2, 0) is 0 Å².